The van der Waals surface area contributed by atoms with Gasteiger partial charge in [0.25, 0.3) is 5.91 Å². The molecule has 0 aliphatic rings. The van der Waals surface area contributed by atoms with Gasteiger partial charge in [0.1, 0.15) is 0 Å². The van der Waals surface area contributed by atoms with Crippen molar-refractivity contribution in [2.75, 3.05) is 36.0 Å². The zero-order chi connectivity index (χ0) is 18.4. The van der Waals surface area contributed by atoms with Gasteiger partial charge in [-0.05, 0) is 42.8 Å². The van der Waals surface area contributed by atoms with Crippen molar-refractivity contribution < 1.29 is 13.2 Å². The minimum Gasteiger partial charge on any atom is -0.373 e. The molecule has 2 aromatic carbocycles. The van der Waals surface area contributed by atoms with E-state index in [0.29, 0.717) is 29.9 Å². The first-order valence-corrected chi connectivity index (χ1v) is 9.78. The van der Waals surface area contributed by atoms with E-state index in [1.165, 1.54) is 0 Å². The SMILES string of the molecule is Cc1cc(C(=O)NCCN(C)c2ccccc2)ccc1NS(C)(=O)=O. The molecule has 1 amide bonds. The highest BCUT2D eigenvalue weighted by atomic mass is 32.2. The van der Waals surface area contributed by atoms with E-state index in [0.717, 1.165) is 11.9 Å². The Kier molecular flexibility index (Phi) is 6.03. The van der Waals surface area contributed by atoms with Crippen molar-refractivity contribution in [3.05, 3.63) is 59.7 Å². The van der Waals surface area contributed by atoms with Crippen LogP contribution in [0.5, 0.6) is 0 Å². The van der Waals surface area contributed by atoms with Crippen LogP contribution >= 0.6 is 0 Å². The van der Waals surface area contributed by atoms with Gasteiger partial charge in [-0.15, -0.1) is 0 Å². The number of benzene rings is 2. The van der Waals surface area contributed by atoms with Gasteiger partial charge in [-0.1, -0.05) is 18.2 Å². The van der Waals surface area contributed by atoms with Crippen LogP contribution in [0.4, 0.5) is 11.4 Å². The van der Waals surface area contributed by atoms with Crippen molar-refractivity contribution in [2.24, 2.45) is 0 Å². The Morgan fingerprint density at radius 2 is 1.80 bits per heavy atom. The van der Waals surface area contributed by atoms with E-state index in [4.69, 9.17) is 0 Å². The average Bonchev–Trinajstić information content (AvgIpc) is 2.56. The highest BCUT2D eigenvalue weighted by Crippen LogP contribution is 2.17. The van der Waals surface area contributed by atoms with Crippen LogP contribution < -0.4 is 14.9 Å². The van der Waals surface area contributed by atoms with E-state index >= 15 is 0 Å². The monoisotopic (exact) mass is 361 g/mol. The highest BCUT2D eigenvalue weighted by Gasteiger charge is 2.10. The molecule has 0 saturated heterocycles. The maximum atomic E-state index is 12.2. The molecule has 0 aliphatic heterocycles. The van der Waals surface area contributed by atoms with Gasteiger partial charge in [0.2, 0.25) is 10.0 Å². The smallest absolute Gasteiger partial charge is 0.251 e. The number of para-hydroxylation sites is 1. The fourth-order valence-electron chi connectivity index (χ4n) is 2.37. The van der Waals surface area contributed by atoms with E-state index in [1.54, 1.807) is 25.1 Å². The Labute approximate surface area is 148 Å². The third-order valence-electron chi connectivity index (χ3n) is 3.71. The minimum absolute atomic E-state index is 0.185. The van der Waals surface area contributed by atoms with Crippen LogP contribution in [-0.2, 0) is 10.0 Å². The first kappa shape index (κ1) is 18.8. The van der Waals surface area contributed by atoms with Crippen molar-refractivity contribution in [3.8, 4) is 0 Å². The van der Waals surface area contributed by atoms with Gasteiger partial charge in [-0.3, -0.25) is 9.52 Å². The van der Waals surface area contributed by atoms with Crippen LogP contribution in [-0.4, -0.2) is 40.7 Å². The largest absolute Gasteiger partial charge is 0.373 e. The number of aryl methyl sites for hydroxylation is 1. The molecule has 0 unspecified atom stereocenters. The summed E-state index contributed by atoms with van der Waals surface area (Å²) in [6, 6.07) is 14.8. The van der Waals surface area contributed by atoms with Crippen LogP contribution in [0.3, 0.4) is 0 Å². The lowest BCUT2D eigenvalue weighted by Crippen LogP contribution is -2.33. The highest BCUT2D eigenvalue weighted by molar-refractivity contribution is 7.92. The number of rotatable bonds is 7. The molecule has 6 nitrogen and oxygen atoms in total. The Bertz CT molecular complexity index is 836. The summed E-state index contributed by atoms with van der Waals surface area (Å²) in [6.45, 7) is 2.95. The van der Waals surface area contributed by atoms with Gasteiger partial charge >= 0.3 is 0 Å². The zero-order valence-corrected chi connectivity index (χ0v) is 15.4. The van der Waals surface area contributed by atoms with Gasteiger partial charge in [0.05, 0.1) is 11.9 Å². The number of carbonyl (C=O) groups is 1. The normalized spacial score (nSPS) is 11.0. The molecule has 0 spiro atoms. The molecule has 0 bridgehead atoms. The molecular weight excluding hydrogens is 338 g/mol. The summed E-state index contributed by atoms with van der Waals surface area (Å²) in [7, 11) is -1.37. The van der Waals surface area contributed by atoms with Gasteiger partial charge in [-0.2, -0.15) is 0 Å². The molecule has 0 aromatic heterocycles. The predicted molar refractivity (Wildman–Crippen MR) is 102 cm³/mol. The van der Waals surface area contributed by atoms with Gasteiger partial charge < -0.3 is 10.2 Å². The topological polar surface area (TPSA) is 78.5 Å². The first-order valence-electron chi connectivity index (χ1n) is 7.89. The van der Waals surface area contributed by atoms with Crippen LogP contribution in [0.1, 0.15) is 15.9 Å². The Morgan fingerprint density at radius 3 is 2.40 bits per heavy atom. The molecule has 0 aliphatic carbocycles. The molecule has 134 valence electrons. The van der Waals surface area contributed by atoms with Gasteiger partial charge in [0, 0.05) is 31.4 Å². The van der Waals surface area contributed by atoms with Crippen molar-refractivity contribution in [1.82, 2.24) is 5.32 Å². The van der Waals surface area contributed by atoms with Gasteiger partial charge in [0.15, 0.2) is 0 Å². The summed E-state index contributed by atoms with van der Waals surface area (Å²) in [6.07, 6.45) is 1.09. The number of likely N-dealkylation sites (N-methyl/N-ethyl adjacent to an activating group) is 1. The standard InChI is InChI=1S/C18H23N3O3S/c1-14-13-15(9-10-17(14)20-25(3,23)24)18(22)19-11-12-21(2)16-7-5-4-6-8-16/h4-10,13,20H,11-12H2,1-3H3,(H,19,22). The van der Waals surface area contributed by atoms with E-state index in [9.17, 15) is 13.2 Å². The molecule has 25 heavy (non-hydrogen) atoms. The predicted octanol–water partition coefficient (Wildman–Crippen LogP) is 2.23. The summed E-state index contributed by atoms with van der Waals surface area (Å²) in [4.78, 5) is 14.3. The number of sulfonamides is 1. The van der Waals surface area contributed by atoms with E-state index in [-0.39, 0.29) is 5.91 Å². The second-order valence-corrected chi connectivity index (χ2v) is 7.67. The maximum Gasteiger partial charge on any atom is 0.251 e. The summed E-state index contributed by atoms with van der Waals surface area (Å²) >= 11 is 0. The molecule has 0 saturated carbocycles. The number of hydrogen-bond donors (Lipinski definition) is 2. The number of amides is 1. The maximum absolute atomic E-state index is 12.2. The first-order chi connectivity index (χ1) is 11.8. The average molecular weight is 361 g/mol. The fraction of sp³-hybridized carbons (Fsp3) is 0.278. The molecule has 0 heterocycles. The number of anilines is 2. The van der Waals surface area contributed by atoms with Crippen molar-refractivity contribution in [3.63, 3.8) is 0 Å². The fourth-order valence-corrected chi connectivity index (χ4v) is 3.00. The second-order valence-electron chi connectivity index (χ2n) is 5.92. The van der Waals surface area contributed by atoms with Crippen molar-refractivity contribution in [2.45, 2.75) is 6.92 Å². The third-order valence-corrected chi connectivity index (χ3v) is 4.30. The van der Waals surface area contributed by atoms with Crippen LogP contribution in [0.2, 0.25) is 0 Å². The van der Waals surface area contributed by atoms with Gasteiger partial charge in [-0.25, -0.2) is 8.42 Å². The molecular formula is C18H23N3O3S. The van der Waals surface area contributed by atoms with Crippen LogP contribution in [0.15, 0.2) is 48.5 Å². The van der Waals surface area contributed by atoms with Crippen LogP contribution in [0.25, 0.3) is 0 Å². The molecule has 0 atom stereocenters. The zero-order valence-electron chi connectivity index (χ0n) is 14.6. The molecule has 2 aromatic rings. The number of carbonyl (C=O) groups excluding carboxylic acids is 1. The summed E-state index contributed by atoms with van der Waals surface area (Å²) < 4.78 is 25.0. The number of nitrogens with zero attached hydrogens (tertiary/aromatic N) is 1. The van der Waals surface area contributed by atoms with Crippen molar-refractivity contribution >= 4 is 27.3 Å². The Hall–Kier alpha value is -2.54. The summed E-state index contributed by atoms with van der Waals surface area (Å²) in [5.74, 6) is -0.185. The summed E-state index contributed by atoms with van der Waals surface area (Å²) in [5.41, 5.74) is 2.75. The van der Waals surface area contributed by atoms with Crippen LogP contribution in [0, 0.1) is 6.92 Å². The second kappa shape index (κ2) is 8.02. The Balaban J connectivity index is 1.92. The summed E-state index contributed by atoms with van der Waals surface area (Å²) in [5, 5.41) is 2.88. The molecule has 2 rings (SSSR count). The lowest BCUT2D eigenvalue weighted by molar-refractivity contribution is 0.0954. The third kappa shape index (κ3) is 5.79. The lowest BCUT2D eigenvalue weighted by Gasteiger charge is -2.19. The number of hydrogen-bond acceptors (Lipinski definition) is 4. The quantitative estimate of drug-likeness (QED) is 0.793. The van der Waals surface area contributed by atoms with Crippen molar-refractivity contribution in [1.29, 1.82) is 0 Å². The van der Waals surface area contributed by atoms with E-state index in [2.05, 4.69) is 14.9 Å². The molecule has 0 fully saturated rings. The lowest BCUT2D eigenvalue weighted by atomic mass is 10.1. The van der Waals surface area contributed by atoms with E-state index < -0.39 is 10.0 Å². The molecule has 7 heteroatoms. The molecule has 0 radical (unpaired) electrons. The Morgan fingerprint density at radius 1 is 1.12 bits per heavy atom. The van der Waals surface area contributed by atoms with E-state index in [1.807, 2.05) is 37.4 Å². The number of nitrogens with one attached hydrogen (secondary N) is 2. The molecule has 2 N–H and O–H groups in total. The minimum atomic E-state index is -3.34.